The number of aliphatic hydroxyl groups is 1. The number of anilines is 1. The van der Waals surface area contributed by atoms with Crippen molar-refractivity contribution in [3.63, 3.8) is 0 Å². The predicted octanol–water partition coefficient (Wildman–Crippen LogP) is 3.76. The fourth-order valence-corrected chi connectivity index (χ4v) is 2.40. The molecular weight excluding hydrogens is 334 g/mol. The van der Waals surface area contributed by atoms with E-state index in [-0.39, 0.29) is 5.91 Å². The number of hydrogen-bond donors (Lipinski definition) is 2. The molecule has 0 aliphatic carbocycles. The molecule has 0 bridgehead atoms. The minimum atomic E-state index is -0.521. The Morgan fingerprint density at radius 1 is 1.24 bits per heavy atom. The first-order valence-corrected chi connectivity index (χ1v) is 7.23. The van der Waals surface area contributed by atoms with Gasteiger partial charge in [0.1, 0.15) is 5.75 Å². The Labute approximate surface area is 131 Å². The summed E-state index contributed by atoms with van der Waals surface area (Å²) in [6.45, 7) is 1.70. The monoisotopic (exact) mass is 349 g/mol. The molecule has 0 unspecified atom stereocenters. The van der Waals surface area contributed by atoms with Crippen LogP contribution in [0.15, 0.2) is 46.9 Å². The number of rotatable bonds is 4. The molecule has 2 aromatic carbocycles. The fourth-order valence-electron chi connectivity index (χ4n) is 1.86. The quantitative estimate of drug-likeness (QED) is 0.883. The van der Waals surface area contributed by atoms with Gasteiger partial charge >= 0.3 is 0 Å². The van der Waals surface area contributed by atoms with Crippen LogP contribution in [-0.2, 0) is 0 Å². The van der Waals surface area contributed by atoms with E-state index in [4.69, 9.17) is 4.74 Å². The molecule has 110 valence electrons. The molecule has 0 saturated carbocycles. The molecule has 0 spiro atoms. The van der Waals surface area contributed by atoms with E-state index >= 15 is 0 Å². The predicted molar refractivity (Wildman–Crippen MR) is 85.7 cm³/mol. The number of benzene rings is 2. The smallest absolute Gasteiger partial charge is 0.255 e. The van der Waals surface area contributed by atoms with E-state index in [9.17, 15) is 9.90 Å². The molecule has 2 N–H and O–H groups in total. The number of ether oxygens (including phenoxy) is 1. The van der Waals surface area contributed by atoms with Gasteiger partial charge in [-0.25, -0.2) is 0 Å². The third-order valence-electron chi connectivity index (χ3n) is 3.06. The average Bonchev–Trinajstić information content (AvgIpc) is 2.47. The summed E-state index contributed by atoms with van der Waals surface area (Å²) in [7, 11) is 1.57. The highest BCUT2D eigenvalue weighted by atomic mass is 79.9. The summed E-state index contributed by atoms with van der Waals surface area (Å²) in [5.41, 5.74) is 2.01. The summed E-state index contributed by atoms with van der Waals surface area (Å²) in [4.78, 5) is 12.2. The molecule has 21 heavy (non-hydrogen) atoms. The molecular formula is C16H16BrNO3. The first-order chi connectivity index (χ1) is 10.0. The topological polar surface area (TPSA) is 58.6 Å². The fraction of sp³-hybridized carbons (Fsp3) is 0.188. The first kappa shape index (κ1) is 15.5. The van der Waals surface area contributed by atoms with Crippen molar-refractivity contribution in [1.29, 1.82) is 0 Å². The molecule has 5 heteroatoms. The Morgan fingerprint density at radius 2 is 1.90 bits per heavy atom. The summed E-state index contributed by atoms with van der Waals surface area (Å²) in [5.74, 6) is 0.469. The van der Waals surface area contributed by atoms with Gasteiger partial charge in [0.05, 0.1) is 17.7 Å². The molecule has 0 fully saturated rings. The average molecular weight is 350 g/mol. The molecule has 0 saturated heterocycles. The van der Waals surface area contributed by atoms with Gasteiger partial charge in [0.25, 0.3) is 5.91 Å². The summed E-state index contributed by atoms with van der Waals surface area (Å²) in [6, 6.07) is 12.2. The van der Waals surface area contributed by atoms with Crippen molar-refractivity contribution < 1.29 is 14.6 Å². The van der Waals surface area contributed by atoms with E-state index in [2.05, 4.69) is 21.2 Å². The van der Waals surface area contributed by atoms with Crippen LogP contribution in [0.3, 0.4) is 0 Å². The first-order valence-electron chi connectivity index (χ1n) is 6.44. The van der Waals surface area contributed by atoms with Crippen LogP contribution in [0, 0.1) is 0 Å². The van der Waals surface area contributed by atoms with Crippen LogP contribution >= 0.6 is 15.9 Å². The molecule has 0 heterocycles. The minimum Gasteiger partial charge on any atom is -0.496 e. The summed E-state index contributed by atoms with van der Waals surface area (Å²) in [5, 5.41) is 12.3. The largest absolute Gasteiger partial charge is 0.496 e. The zero-order valence-corrected chi connectivity index (χ0v) is 13.3. The van der Waals surface area contributed by atoms with Crippen molar-refractivity contribution in [2.24, 2.45) is 0 Å². The molecule has 2 aromatic rings. The van der Waals surface area contributed by atoms with Gasteiger partial charge < -0.3 is 15.2 Å². The second-order valence-corrected chi connectivity index (χ2v) is 5.46. The maximum Gasteiger partial charge on any atom is 0.255 e. The van der Waals surface area contributed by atoms with Gasteiger partial charge in [0.15, 0.2) is 0 Å². The number of amides is 1. The number of nitrogens with one attached hydrogen (secondary N) is 1. The SMILES string of the molecule is COc1ccc(C(=O)Nc2ccc([C@@H](C)O)cc2)cc1Br. The Balaban J connectivity index is 2.12. The lowest BCUT2D eigenvalue weighted by Crippen LogP contribution is -2.12. The Kier molecular flexibility index (Phi) is 4.98. The molecule has 4 nitrogen and oxygen atoms in total. The van der Waals surface area contributed by atoms with Crippen LogP contribution in [0.4, 0.5) is 5.69 Å². The molecule has 1 atom stereocenters. The number of halogens is 1. The van der Waals surface area contributed by atoms with E-state index in [0.717, 1.165) is 10.0 Å². The highest BCUT2D eigenvalue weighted by Gasteiger charge is 2.09. The lowest BCUT2D eigenvalue weighted by molar-refractivity contribution is 0.102. The van der Waals surface area contributed by atoms with Gasteiger partial charge in [-0.05, 0) is 58.7 Å². The lowest BCUT2D eigenvalue weighted by atomic mass is 10.1. The molecule has 2 rings (SSSR count). The Morgan fingerprint density at radius 3 is 2.43 bits per heavy atom. The Bertz CT molecular complexity index is 638. The van der Waals surface area contributed by atoms with E-state index in [1.807, 2.05) is 0 Å². The van der Waals surface area contributed by atoms with E-state index in [0.29, 0.717) is 17.0 Å². The van der Waals surface area contributed by atoms with Crippen molar-refractivity contribution in [2.75, 3.05) is 12.4 Å². The second kappa shape index (κ2) is 6.74. The van der Waals surface area contributed by atoms with E-state index in [1.54, 1.807) is 56.5 Å². The van der Waals surface area contributed by atoms with Gasteiger partial charge in [0, 0.05) is 11.3 Å². The number of methoxy groups -OCH3 is 1. The highest BCUT2D eigenvalue weighted by molar-refractivity contribution is 9.10. The number of aliphatic hydroxyl groups excluding tert-OH is 1. The van der Waals surface area contributed by atoms with Gasteiger partial charge in [-0.3, -0.25) is 4.79 Å². The number of carbonyl (C=O) groups is 1. The van der Waals surface area contributed by atoms with E-state index < -0.39 is 6.10 Å². The third-order valence-corrected chi connectivity index (χ3v) is 3.68. The molecule has 1 amide bonds. The maximum atomic E-state index is 12.2. The van der Waals surface area contributed by atoms with Gasteiger partial charge in [-0.15, -0.1) is 0 Å². The van der Waals surface area contributed by atoms with Crippen LogP contribution in [-0.4, -0.2) is 18.1 Å². The Hall–Kier alpha value is -1.85. The van der Waals surface area contributed by atoms with E-state index in [1.165, 1.54) is 0 Å². The van der Waals surface area contributed by atoms with Crippen LogP contribution in [0.25, 0.3) is 0 Å². The van der Waals surface area contributed by atoms with Crippen molar-refractivity contribution in [2.45, 2.75) is 13.0 Å². The summed E-state index contributed by atoms with van der Waals surface area (Å²) >= 11 is 3.35. The third kappa shape index (κ3) is 3.83. The standard InChI is InChI=1S/C16H16BrNO3/c1-10(19)11-3-6-13(7-4-11)18-16(20)12-5-8-15(21-2)14(17)9-12/h3-10,19H,1-2H3,(H,18,20)/t10-/m1/s1. The van der Waals surface area contributed by atoms with Crippen molar-refractivity contribution in [3.05, 3.63) is 58.1 Å². The van der Waals surface area contributed by atoms with Crippen LogP contribution < -0.4 is 10.1 Å². The normalized spacial score (nSPS) is 11.8. The zero-order valence-electron chi connectivity index (χ0n) is 11.8. The van der Waals surface area contributed by atoms with Crippen LogP contribution in [0.1, 0.15) is 28.9 Å². The van der Waals surface area contributed by atoms with Gasteiger partial charge in [-0.1, -0.05) is 12.1 Å². The maximum absolute atomic E-state index is 12.2. The second-order valence-electron chi connectivity index (χ2n) is 4.60. The molecule has 0 aliphatic heterocycles. The highest BCUT2D eigenvalue weighted by Crippen LogP contribution is 2.26. The van der Waals surface area contributed by atoms with Gasteiger partial charge in [0.2, 0.25) is 0 Å². The number of carbonyl (C=O) groups excluding carboxylic acids is 1. The van der Waals surface area contributed by atoms with Crippen molar-refractivity contribution in [1.82, 2.24) is 0 Å². The minimum absolute atomic E-state index is 0.205. The molecule has 0 radical (unpaired) electrons. The lowest BCUT2D eigenvalue weighted by Gasteiger charge is -2.09. The van der Waals surface area contributed by atoms with Crippen molar-refractivity contribution in [3.8, 4) is 5.75 Å². The summed E-state index contributed by atoms with van der Waals surface area (Å²) < 4.78 is 5.86. The summed E-state index contributed by atoms with van der Waals surface area (Å²) in [6.07, 6.45) is -0.521. The molecule has 0 aromatic heterocycles. The van der Waals surface area contributed by atoms with Crippen LogP contribution in [0.2, 0.25) is 0 Å². The van der Waals surface area contributed by atoms with Crippen LogP contribution in [0.5, 0.6) is 5.75 Å². The number of hydrogen-bond acceptors (Lipinski definition) is 3. The van der Waals surface area contributed by atoms with Gasteiger partial charge in [-0.2, -0.15) is 0 Å². The molecule has 0 aliphatic rings. The van der Waals surface area contributed by atoms with Crippen molar-refractivity contribution >= 4 is 27.5 Å². The zero-order chi connectivity index (χ0) is 15.4.